The second-order valence-electron chi connectivity index (χ2n) is 4.70. The Labute approximate surface area is 131 Å². The quantitative estimate of drug-likeness (QED) is 0.792. The summed E-state index contributed by atoms with van der Waals surface area (Å²) >= 11 is 3.07. The van der Waals surface area contributed by atoms with E-state index in [-0.39, 0.29) is 22.6 Å². The van der Waals surface area contributed by atoms with E-state index in [1.807, 2.05) is 31.2 Å². The molecule has 0 saturated heterocycles. The van der Waals surface area contributed by atoms with Gasteiger partial charge >= 0.3 is 0 Å². The van der Waals surface area contributed by atoms with Crippen molar-refractivity contribution in [3.63, 3.8) is 0 Å². The number of hydrogen-bond acceptors (Lipinski definition) is 2. The van der Waals surface area contributed by atoms with E-state index < -0.39 is 11.6 Å². The molecule has 2 aromatic carbocycles. The van der Waals surface area contributed by atoms with Crippen LogP contribution >= 0.6 is 15.9 Å². The van der Waals surface area contributed by atoms with E-state index in [0.717, 1.165) is 11.3 Å². The number of rotatable bonds is 5. The van der Waals surface area contributed by atoms with Gasteiger partial charge in [-0.2, -0.15) is 0 Å². The van der Waals surface area contributed by atoms with Gasteiger partial charge in [0.1, 0.15) is 17.4 Å². The van der Waals surface area contributed by atoms with Crippen LogP contribution in [0, 0.1) is 11.6 Å². The molecule has 0 aliphatic carbocycles. The van der Waals surface area contributed by atoms with Crippen LogP contribution in [0.2, 0.25) is 0 Å². The van der Waals surface area contributed by atoms with Crippen molar-refractivity contribution in [3.8, 4) is 5.75 Å². The van der Waals surface area contributed by atoms with Gasteiger partial charge < -0.3 is 10.1 Å². The molecule has 2 nitrogen and oxygen atoms in total. The first-order valence-corrected chi connectivity index (χ1v) is 7.32. The average Bonchev–Trinajstić information content (AvgIpc) is 2.51. The minimum Gasteiger partial charge on any atom is -0.497 e. The van der Waals surface area contributed by atoms with Crippen molar-refractivity contribution < 1.29 is 13.5 Å². The van der Waals surface area contributed by atoms with Crippen molar-refractivity contribution in [1.29, 1.82) is 0 Å². The van der Waals surface area contributed by atoms with Gasteiger partial charge in [-0.15, -0.1) is 0 Å². The Morgan fingerprint density at radius 2 is 2.00 bits per heavy atom. The molecule has 0 saturated carbocycles. The van der Waals surface area contributed by atoms with Gasteiger partial charge in [-0.25, -0.2) is 8.78 Å². The summed E-state index contributed by atoms with van der Waals surface area (Å²) in [6.45, 7) is 2.04. The molecule has 2 rings (SSSR count). The molecule has 5 heteroatoms. The third-order valence-electron chi connectivity index (χ3n) is 3.32. The largest absolute Gasteiger partial charge is 0.497 e. The Morgan fingerprint density at radius 1 is 1.24 bits per heavy atom. The zero-order valence-corrected chi connectivity index (χ0v) is 13.4. The van der Waals surface area contributed by atoms with Crippen molar-refractivity contribution in [3.05, 3.63) is 63.6 Å². The summed E-state index contributed by atoms with van der Waals surface area (Å²) in [5.74, 6) is -0.373. The molecule has 1 atom stereocenters. The van der Waals surface area contributed by atoms with Crippen LogP contribution in [-0.4, -0.2) is 7.11 Å². The zero-order chi connectivity index (χ0) is 15.4. The van der Waals surface area contributed by atoms with E-state index >= 15 is 0 Å². The van der Waals surface area contributed by atoms with Crippen LogP contribution in [0.5, 0.6) is 5.75 Å². The van der Waals surface area contributed by atoms with E-state index in [2.05, 4.69) is 21.2 Å². The van der Waals surface area contributed by atoms with Crippen LogP contribution in [0.25, 0.3) is 0 Å². The Hall–Kier alpha value is -1.46. The standard InChI is InChI=1S/C16H16BrF2NO/c1-10(11-4-3-5-12(8-11)21-2)20-9-13-15(18)7-6-14(17)16(13)19/h3-8,10,20H,9H2,1-2H3/t10-/m0/s1. The van der Waals surface area contributed by atoms with Crippen LogP contribution in [0.15, 0.2) is 40.9 Å². The summed E-state index contributed by atoms with van der Waals surface area (Å²) in [6.07, 6.45) is 0. The number of benzene rings is 2. The molecule has 0 radical (unpaired) electrons. The highest BCUT2D eigenvalue weighted by atomic mass is 79.9. The summed E-state index contributed by atoms with van der Waals surface area (Å²) in [7, 11) is 1.60. The van der Waals surface area contributed by atoms with E-state index in [0.29, 0.717) is 0 Å². The fourth-order valence-corrected chi connectivity index (χ4v) is 2.39. The van der Waals surface area contributed by atoms with E-state index in [1.165, 1.54) is 12.1 Å². The summed E-state index contributed by atoms with van der Waals surface area (Å²) in [5.41, 5.74) is 1.02. The average molecular weight is 356 g/mol. The maximum Gasteiger partial charge on any atom is 0.144 e. The molecule has 0 unspecified atom stereocenters. The number of methoxy groups -OCH3 is 1. The van der Waals surface area contributed by atoms with E-state index in [4.69, 9.17) is 4.74 Å². The lowest BCUT2D eigenvalue weighted by Gasteiger charge is -2.16. The van der Waals surface area contributed by atoms with Crippen molar-refractivity contribution in [1.82, 2.24) is 5.32 Å². The maximum atomic E-state index is 13.9. The minimum absolute atomic E-state index is 0.0270. The molecule has 0 fully saturated rings. The molecular weight excluding hydrogens is 340 g/mol. The predicted molar refractivity (Wildman–Crippen MR) is 82.3 cm³/mol. The van der Waals surface area contributed by atoms with Gasteiger partial charge in [-0.05, 0) is 52.7 Å². The number of halogens is 3. The van der Waals surface area contributed by atoms with Crippen LogP contribution in [0.3, 0.4) is 0 Å². The summed E-state index contributed by atoms with van der Waals surface area (Å²) < 4.78 is 33.0. The molecule has 0 amide bonds. The molecular formula is C16H16BrF2NO. The monoisotopic (exact) mass is 355 g/mol. The summed E-state index contributed by atoms with van der Waals surface area (Å²) in [6, 6.07) is 10.1. The summed E-state index contributed by atoms with van der Waals surface area (Å²) in [5, 5.41) is 3.12. The predicted octanol–water partition coefficient (Wildman–Crippen LogP) is 4.59. The first-order valence-electron chi connectivity index (χ1n) is 6.52. The van der Waals surface area contributed by atoms with Crippen LogP contribution in [0.4, 0.5) is 8.78 Å². The first kappa shape index (κ1) is 15.9. The number of ether oxygens (including phenoxy) is 1. The highest BCUT2D eigenvalue weighted by Gasteiger charge is 2.14. The fourth-order valence-electron chi connectivity index (χ4n) is 2.01. The second-order valence-corrected chi connectivity index (χ2v) is 5.56. The lowest BCUT2D eigenvalue weighted by atomic mass is 10.1. The Kier molecular flexibility index (Phi) is 5.31. The molecule has 0 aliphatic rings. The van der Waals surface area contributed by atoms with Crippen LogP contribution in [0.1, 0.15) is 24.1 Å². The normalized spacial score (nSPS) is 12.2. The molecule has 0 aliphatic heterocycles. The molecule has 1 N–H and O–H groups in total. The van der Waals surface area contributed by atoms with E-state index in [9.17, 15) is 8.78 Å². The van der Waals surface area contributed by atoms with Gasteiger partial charge in [0.25, 0.3) is 0 Å². The van der Waals surface area contributed by atoms with Gasteiger partial charge in [0, 0.05) is 18.2 Å². The highest BCUT2D eigenvalue weighted by molar-refractivity contribution is 9.10. The Bertz CT molecular complexity index is 634. The van der Waals surface area contributed by atoms with Crippen molar-refractivity contribution in [2.75, 3.05) is 7.11 Å². The molecule has 0 bridgehead atoms. The van der Waals surface area contributed by atoms with Gasteiger partial charge in [0.15, 0.2) is 0 Å². The maximum absolute atomic E-state index is 13.9. The molecule has 112 valence electrons. The number of nitrogens with one attached hydrogen (secondary N) is 1. The molecule has 0 aromatic heterocycles. The van der Waals surface area contributed by atoms with Gasteiger partial charge in [0.2, 0.25) is 0 Å². The minimum atomic E-state index is -0.569. The third kappa shape index (κ3) is 3.80. The second kappa shape index (κ2) is 7.00. The topological polar surface area (TPSA) is 21.3 Å². The van der Waals surface area contributed by atoms with Gasteiger partial charge in [-0.3, -0.25) is 0 Å². The third-order valence-corrected chi connectivity index (χ3v) is 3.93. The summed E-state index contributed by atoms with van der Waals surface area (Å²) in [4.78, 5) is 0. The Balaban J connectivity index is 2.11. The van der Waals surface area contributed by atoms with Crippen LogP contribution < -0.4 is 10.1 Å². The van der Waals surface area contributed by atoms with Crippen molar-refractivity contribution in [2.24, 2.45) is 0 Å². The lowest BCUT2D eigenvalue weighted by Crippen LogP contribution is -2.19. The molecule has 21 heavy (non-hydrogen) atoms. The van der Waals surface area contributed by atoms with E-state index in [1.54, 1.807) is 7.11 Å². The van der Waals surface area contributed by atoms with Gasteiger partial charge in [0.05, 0.1) is 11.6 Å². The lowest BCUT2D eigenvalue weighted by molar-refractivity contribution is 0.413. The van der Waals surface area contributed by atoms with Crippen molar-refractivity contribution >= 4 is 15.9 Å². The zero-order valence-electron chi connectivity index (χ0n) is 11.8. The molecule has 0 heterocycles. The fraction of sp³-hybridized carbons (Fsp3) is 0.250. The first-order chi connectivity index (χ1) is 10.0. The molecule has 2 aromatic rings. The molecule has 0 spiro atoms. The SMILES string of the molecule is COc1cccc([C@H](C)NCc2c(F)ccc(Br)c2F)c1. The Morgan fingerprint density at radius 3 is 2.71 bits per heavy atom. The smallest absolute Gasteiger partial charge is 0.144 e. The number of hydrogen-bond donors (Lipinski definition) is 1. The van der Waals surface area contributed by atoms with Crippen LogP contribution in [-0.2, 0) is 6.54 Å². The van der Waals surface area contributed by atoms with Gasteiger partial charge in [-0.1, -0.05) is 12.1 Å². The van der Waals surface area contributed by atoms with Crippen molar-refractivity contribution in [2.45, 2.75) is 19.5 Å². The highest BCUT2D eigenvalue weighted by Crippen LogP contribution is 2.23.